The normalized spacial score (nSPS) is 10.5. The maximum Gasteiger partial charge on any atom is 0.311 e. The third kappa shape index (κ3) is 8.73. The summed E-state index contributed by atoms with van der Waals surface area (Å²) in [5, 5.41) is 8.83. The number of carbonyl (C=O) groups excluding carboxylic acids is 2. The summed E-state index contributed by atoms with van der Waals surface area (Å²) in [4.78, 5) is 25.5. The van der Waals surface area contributed by atoms with Gasteiger partial charge < -0.3 is 4.74 Å². The Balaban J connectivity index is 1.46. The SMILES string of the molecule is CCCCCCCCCC(=O)Oc1ccc(-c2ccc(C(=O)Sc3ccc(C#N)cc3)cc2)cc1. The molecule has 0 aliphatic rings. The number of hydrogen-bond acceptors (Lipinski definition) is 5. The quantitative estimate of drug-likeness (QED) is 0.112. The van der Waals surface area contributed by atoms with Crippen LogP contribution in [0.2, 0.25) is 0 Å². The molecule has 3 rings (SSSR count). The highest BCUT2D eigenvalue weighted by Gasteiger charge is 2.10. The van der Waals surface area contributed by atoms with Crippen LogP contribution in [0.1, 0.15) is 74.2 Å². The molecule has 0 unspecified atom stereocenters. The summed E-state index contributed by atoms with van der Waals surface area (Å²) in [5.74, 6) is 0.362. The van der Waals surface area contributed by atoms with E-state index in [0.717, 1.165) is 40.6 Å². The molecule has 35 heavy (non-hydrogen) atoms. The van der Waals surface area contributed by atoms with Gasteiger partial charge in [0.2, 0.25) is 5.12 Å². The Bertz CT molecular complexity index is 1130. The van der Waals surface area contributed by atoms with Crippen molar-refractivity contribution >= 4 is 22.8 Å². The smallest absolute Gasteiger partial charge is 0.311 e. The molecule has 0 amide bonds. The summed E-state index contributed by atoms with van der Waals surface area (Å²) in [6.07, 6.45) is 8.64. The van der Waals surface area contributed by atoms with E-state index in [1.54, 1.807) is 36.4 Å². The Morgan fingerprint density at radius 3 is 1.94 bits per heavy atom. The number of esters is 1. The van der Waals surface area contributed by atoms with Crippen molar-refractivity contribution in [3.05, 3.63) is 83.9 Å². The summed E-state index contributed by atoms with van der Waals surface area (Å²) >= 11 is 1.14. The van der Waals surface area contributed by atoms with E-state index in [2.05, 4.69) is 13.0 Å². The summed E-state index contributed by atoms with van der Waals surface area (Å²) in [6, 6.07) is 23.9. The number of unbranched alkanes of at least 4 members (excludes halogenated alkanes) is 6. The molecule has 3 aromatic carbocycles. The first-order valence-corrected chi connectivity index (χ1v) is 13.0. The van der Waals surface area contributed by atoms with E-state index < -0.39 is 0 Å². The third-order valence-corrected chi connectivity index (χ3v) is 6.65. The fraction of sp³-hybridized carbons (Fsp3) is 0.300. The van der Waals surface area contributed by atoms with Crippen LogP contribution in [0.15, 0.2) is 77.7 Å². The molecular weight excluding hydrogens is 454 g/mol. The van der Waals surface area contributed by atoms with Gasteiger partial charge in [0.15, 0.2) is 0 Å². The van der Waals surface area contributed by atoms with Gasteiger partial charge in [-0.3, -0.25) is 9.59 Å². The molecule has 0 spiro atoms. The molecule has 0 fully saturated rings. The van der Waals surface area contributed by atoms with Gasteiger partial charge >= 0.3 is 5.97 Å². The first kappa shape index (κ1) is 26.2. The summed E-state index contributed by atoms with van der Waals surface area (Å²) < 4.78 is 5.47. The maximum absolute atomic E-state index is 12.6. The van der Waals surface area contributed by atoms with Crippen LogP contribution in [0, 0.1) is 11.3 Å². The lowest BCUT2D eigenvalue weighted by molar-refractivity contribution is -0.134. The van der Waals surface area contributed by atoms with Gasteiger partial charge in [-0.15, -0.1) is 0 Å². The second-order valence-electron chi connectivity index (χ2n) is 8.47. The minimum Gasteiger partial charge on any atom is -0.427 e. The van der Waals surface area contributed by atoms with Crippen LogP contribution >= 0.6 is 11.8 Å². The molecule has 3 aromatic rings. The molecule has 0 aromatic heterocycles. The maximum atomic E-state index is 12.6. The second kappa shape index (κ2) is 14.1. The van der Waals surface area contributed by atoms with E-state index in [-0.39, 0.29) is 11.1 Å². The lowest BCUT2D eigenvalue weighted by atomic mass is 10.0. The molecule has 0 N–H and O–H groups in total. The zero-order valence-corrected chi connectivity index (χ0v) is 21.0. The van der Waals surface area contributed by atoms with E-state index in [4.69, 9.17) is 10.00 Å². The molecule has 0 aliphatic heterocycles. The first-order chi connectivity index (χ1) is 17.1. The molecule has 180 valence electrons. The number of carbonyl (C=O) groups is 2. The van der Waals surface area contributed by atoms with Gasteiger partial charge in [-0.05, 0) is 77.8 Å². The molecule has 5 heteroatoms. The minimum absolute atomic E-state index is 0.0514. The molecule has 0 saturated heterocycles. The van der Waals surface area contributed by atoms with Crippen molar-refractivity contribution in [2.75, 3.05) is 0 Å². The highest BCUT2D eigenvalue weighted by molar-refractivity contribution is 8.14. The minimum atomic E-state index is -0.186. The van der Waals surface area contributed by atoms with Gasteiger partial charge in [0.1, 0.15) is 5.75 Å². The number of thioether (sulfide) groups is 1. The van der Waals surface area contributed by atoms with E-state index in [1.165, 1.54) is 32.1 Å². The highest BCUT2D eigenvalue weighted by Crippen LogP contribution is 2.27. The zero-order valence-electron chi connectivity index (χ0n) is 20.2. The van der Waals surface area contributed by atoms with Crippen molar-refractivity contribution in [1.29, 1.82) is 5.26 Å². The van der Waals surface area contributed by atoms with E-state index in [9.17, 15) is 9.59 Å². The summed E-state index contributed by atoms with van der Waals surface area (Å²) in [6.45, 7) is 2.21. The van der Waals surface area contributed by atoms with E-state index in [0.29, 0.717) is 23.3 Å². The topological polar surface area (TPSA) is 67.2 Å². The van der Waals surface area contributed by atoms with Crippen LogP contribution < -0.4 is 4.74 Å². The molecule has 0 heterocycles. The largest absolute Gasteiger partial charge is 0.427 e. The van der Waals surface area contributed by atoms with Crippen molar-refractivity contribution in [3.63, 3.8) is 0 Å². The van der Waals surface area contributed by atoms with Gasteiger partial charge in [-0.25, -0.2) is 0 Å². The lowest BCUT2D eigenvalue weighted by Crippen LogP contribution is -2.07. The number of nitriles is 1. The number of rotatable bonds is 12. The number of hydrogen-bond donors (Lipinski definition) is 0. The predicted octanol–water partition coefficient (Wildman–Crippen LogP) is 8.20. The highest BCUT2D eigenvalue weighted by atomic mass is 32.2. The summed E-state index contributed by atoms with van der Waals surface area (Å²) in [7, 11) is 0. The van der Waals surface area contributed by atoms with Gasteiger partial charge in [0.05, 0.1) is 11.6 Å². The standard InChI is InChI=1S/C30H31NO3S/c1-2-3-4-5-6-7-8-9-29(32)34-27-18-16-25(17-19-27)24-12-14-26(15-13-24)30(33)35-28-20-10-23(22-31)11-21-28/h10-21H,2-9H2,1H3. The Kier molecular flexibility index (Phi) is 10.6. The molecule has 0 bridgehead atoms. The van der Waals surface area contributed by atoms with Crippen LogP contribution in [0.25, 0.3) is 11.1 Å². The molecule has 0 atom stereocenters. The van der Waals surface area contributed by atoms with Crippen molar-refractivity contribution in [3.8, 4) is 22.9 Å². The van der Waals surface area contributed by atoms with Crippen molar-refractivity contribution < 1.29 is 14.3 Å². The average molecular weight is 486 g/mol. The monoisotopic (exact) mass is 485 g/mol. The number of nitrogens with zero attached hydrogens (tertiary/aromatic N) is 1. The van der Waals surface area contributed by atoms with E-state index >= 15 is 0 Å². The van der Waals surface area contributed by atoms with Gasteiger partial charge in [-0.2, -0.15) is 5.26 Å². The van der Waals surface area contributed by atoms with Crippen molar-refractivity contribution in [1.82, 2.24) is 0 Å². The van der Waals surface area contributed by atoms with Crippen LogP contribution in [0.5, 0.6) is 5.75 Å². The lowest BCUT2D eigenvalue weighted by Gasteiger charge is -2.07. The number of ether oxygens (including phenoxy) is 1. The second-order valence-corrected chi connectivity index (χ2v) is 9.52. The molecule has 0 radical (unpaired) electrons. The number of benzene rings is 3. The Morgan fingerprint density at radius 2 is 1.34 bits per heavy atom. The van der Waals surface area contributed by atoms with Gasteiger partial charge in [0, 0.05) is 16.9 Å². The third-order valence-electron chi connectivity index (χ3n) is 5.72. The molecule has 0 aliphatic carbocycles. The fourth-order valence-electron chi connectivity index (χ4n) is 3.69. The van der Waals surface area contributed by atoms with Gasteiger partial charge in [0.25, 0.3) is 0 Å². The van der Waals surface area contributed by atoms with Crippen LogP contribution in [-0.2, 0) is 4.79 Å². The van der Waals surface area contributed by atoms with Crippen LogP contribution in [0.3, 0.4) is 0 Å². The molecular formula is C30H31NO3S. The average Bonchev–Trinajstić information content (AvgIpc) is 2.89. The van der Waals surface area contributed by atoms with Crippen LogP contribution in [0.4, 0.5) is 0 Å². The van der Waals surface area contributed by atoms with Crippen LogP contribution in [-0.4, -0.2) is 11.1 Å². The Labute approximate surface area is 212 Å². The Morgan fingerprint density at radius 1 is 0.771 bits per heavy atom. The van der Waals surface area contributed by atoms with Gasteiger partial charge in [-0.1, -0.05) is 69.7 Å². The van der Waals surface area contributed by atoms with Crippen molar-refractivity contribution in [2.24, 2.45) is 0 Å². The molecule has 0 saturated carbocycles. The fourth-order valence-corrected chi connectivity index (χ4v) is 4.43. The first-order valence-electron chi connectivity index (χ1n) is 12.2. The summed E-state index contributed by atoms with van der Waals surface area (Å²) in [5.41, 5.74) is 3.14. The van der Waals surface area contributed by atoms with E-state index in [1.807, 2.05) is 36.4 Å². The zero-order chi connectivity index (χ0) is 24.9. The molecule has 4 nitrogen and oxygen atoms in total. The van der Waals surface area contributed by atoms with Crippen molar-refractivity contribution in [2.45, 2.75) is 63.2 Å². The Hall–Kier alpha value is -3.36. The predicted molar refractivity (Wildman–Crippen MR) is 141 cm³/mol.